The van der Waals surface area contributed by atoms with Crippen LogP contribution in [0.4, 0.5) is 0 Å². The van der Waals surface area contributed by atoms with Crippen molar-refractivity contribution in [1.29, 1.82) is 0 Å². The Bertz CT molecular complexity index is 2230. The molecule has 0 saturated heterocycles. The van der Waals surface area contributed by atoms with Crippen LogP contribution in [-0.4, -0.2) is 18.0 Å². The van der Waals surface area contributed by atoms with Crippen molar-refractivity contribution in [3.05, 3.63) is 139 Å². The minimum absolute atomic E-state index is 0. The minimum atomic E-state index is -1.50. The van der Waals surface area contributed by atoms with Gasteiger partial charge < -0.3 is 9.97 Å². The molecule has 0 spiro atoms. The largest absolute Gasteiger partial charge is 0.305 e. The molecule has 0 aliphatic rings. The van der Waals surface area contributed by atoms with Crippen molar-refractivity contribution in [3.63, 3.8) is 0 Å². The maximum absolute atomic E-state index is 8.44. The number of hydrogen-bond acceptors (Lipinski definition) is 3. The molecule has 0 atom stereocenters. The molecule has 0 aliphatic carbocycles. The number of benzene rings is 4. The van der Waals surface area contributed by atoms with Gasteiger partial charge in [-0.05, 0) is 61.7 Å². The second-order valence-electron chi connectivity index (χ2n) is 13.3. The van der Waals surface area contributed by atoms with Gasteiger partial charge in [0.25, 0.3) is 0 Å². The van der Waals surface area contributed by atoms with E-state index in [0.29, 0.717) is 0 Å². The summed E-state index contributed by atoms with van der Waals surface area (Å²) >= 11 is 1.80. The monoisotopic (exact) mass is 841 g/mol. The first kappa shape index (κ1) is 32.8. The summed E-state index contributed by atoms with van der Waals surface area (Å²) in [6, 6.07) is 41.8. The van der Waals surface area contributed by atoms with Crippen LogP contribution < -0.4 is 5.19 Å². The number of rotatable bonds is 6. The molecule has 0 aliphatic heterocycles. The average molecular weight is 841 g/mol. The Balaban J connectivity index is 0.000000204. The molecule has 48 heavy (non-hydrogen) atoms. The number of thiophene rings is 1. The molecule has 7 rings (SSSR count). The van der Waals surface area contributed by atoms with Crippen LogP contribution in [-0.2, 0) is 20.1 Å². The molecule has 0 unspecified atom stereocenters. The van der Waals surface area contributed by atoms with E-state index in [1.54, 1.807) is 17.5 Å². The summed E-state index contributed by atoms with van der Waals surface area (Å²) in [7, 11) is -1.50. The molecule has 0 fully saturated rings. The van der Waals surface area contributed by atoms with E-state index < -0.39 is 19.9 Å². The molecule has 3 aromatic heterocycles. The standard InChI is InChI=1S/C26H20NS.C17H22NSi.Ir/c1-17(2)19-13-14-27-23(16-19)20-11-12-24-22(15-20)26-21(9-6-10-25(26)28-24)18-7-4-3-5-8-18;1-13(2)15-11-16(14-9-7-6-8-10-14)18-12-17(15)19(3,4)5;/h3-10,12-17H,1-2H3;6-9,11-13H,1-5H3;/q2*-1;/i17D;13D;. The zero-order valence-electron chi connectivity index (χ0n) is 30.6. The van der Waals surface area contributed by atoms with Crippen LogP contribution in [0.15, 0.2) is 116 Å². The number of nitrogens with zero attached hydrogens (tertiary/aromatic N) is 2. The zero-order chi connectivity index (χ0) is 35.0. The molecule has 245 valence electrons. The molecule has 7 aromatic rings. The van der Waals surface area contributed by atoms with Gasteiger partial charge in [0.05, 0.1) is 8.07 Å². The van der Waals surface area contributed by atoms with Crippen molar-refractivity contribution in [1.82, 2.24) is 9.97 Å². The molecule has 0 saturated carbocycles. The maximum Gasteiger partial charge on any atom is 0.0799 e. The number of fused-ring (bicyclic) bond motifs is 3. The van der Waals surface area contributed by atoms with Crippen molar-refractivity contribution in [3.8, 4) is 33.6 Å². The van der Waals surface area contributed by atoms with E-state index >= 15 is 0 Å². The maximum atomic E-state index is 8.44. The van der Waals surface area contributed by atoms with Gasteiger partial charge in [0, 0.05) is 39.9 Å². The molecule has 0 N–H and O–H groups in total. The molecule has 1 radical (unpaired) electrons. The third kappa shape index (κ3) is 7.77. The van der Waals surface area contributed by atoms with Gasteiger partial charge in [0.2, 0.25) is 0 Å². The van der Waals surface area contributed by atoms with E-state index in [0.717, 1.165) is 33.6 Å². The van der Waals surface area contributed by atoms with Crippen LogP contribution in [0.2, 0.25) is 19.6 Å². The minimum Gasteiger partial charge on any atom is -0.305 e. The predicted octanol–water partition coefficient (Wildman–Crippen LogP) is 11.9. The van der Waals surface area contributed by atoms with Crippen molar-refractivity contribution in [2.45, 2.75) is 59.1 Å². The summed E-state index contributed by atoms with van der Waals surface area (Å²) in [5, 5.41) is 3.79. The van der Waals surface area contributed by atoms with E-state index in [2.05, 4.69) is 108 Å². The van der Waals surface area contributed by atoms with Crippen molar-refractivity contribution < 1.29 is 22.8 Å². The predicted molar refractivity (Wildman–Crippen MR) is 207 cm³/mol. The molecule has 0 amide bonds. The van der Waals surface area contributed by atoms with Crippen LogP contribution in [0.5, 0.6) is 0 Å². The Labute approximate surface area is 307 Å². The zero-order valence-corrected chi connectivity index (χ0v) is 32.8. The number of pyridine rings is 2. The second-order valence-corrected chi connectivity index (χ2v) is 19.5. The third-order valence-corrected chi connectivity index (χ3v) is 11.5. The van der Waals surface area contributed by atoms with Crippen LogP contribution in [0.1, 0.15) is 53.4 Å². The Morgan fingerprint density at radius 3 is 2.17 bits per heavy atom. The van der Waals surface area contributed by atoms with E-state index in [4.69, 9.17) is 2.74 Å². The van der Waals surface area contributed by atoms with E-state index in [1.807, 2.05) is 70.3 Å². The van der Waals surface area contributed by atoms with Crippen LogP contribution >= 0.6 is 11.3 Å². The van der Waals surface area contributed by atoms with Gasteiger partial charge >= 0.3 is 0 Å². The van der Waals surface area contributed by atoms with Crippen LogP contribution in [0.3, 0.4) is 0 Å². The van der Waals surface area contributed by atoms with Crippen molar-refractivity contribution in [2.24, 2.45) is 0 Å². The molecular weight excluding hydrogens is 797 g/mol. The molecular formula is C43H42IrN2SSi-2. The smallest absolute Gasteiger partial charge is 0.0799 e. The fraction of sp³-hybridized carbons (Fsp3) is 0.209. The van der Waals surface area contributed by atoms with E-state index in [-0.39, 0.29) is 20.1 Å². The summed E-state index contributed by atoms with van der Waals surface area (Å²) in [6.07, 6.45) is 3.77. The number of hydrogen-bond donors (Lipinski definition) is 0. The third-order valence-electron chi connectivity index (χ3n) is 8.36. The first-order valence-corrected chi connectivity index (χ1v) is 20.4. The summed E-state index contributed by atoms with van der Waals surface area (Å²) < 4.78 is 19.3. The summed E-state index contributed by atoms with van der Waals surface area (Å²) in [4.78, 5) is 9.17. The van der Waals surface area contributed by atoms with Gasteiger partial charge in [-0.25, -0.2) is 0 Å². The molecule has 4 aromatic carbocycles. The normalized spacial score (nSPS) is 12.5. The second kappa shape index (κ2) is 15.2. The Hall–Kier alpha value is -3.73. The summed E-state index contributed by atoms with van der Waals surface area (Å²) in [5.41, 5.74) is 8.24. The molecule has 5 heteroatoms. The average Bonchev–Trinajstić information content (AvgIpc) is 3.46. The van der Waals surface area contributed by atoms with Gasteiger partial charge in [-0.2, -0.15) is 11.3 Å². The summed E-state index contributed by atoms with van der Waals surface area (Å²) in [6.45, 7) is 14.6. The van der Waals surface area contributed by atoms with Gasteiger partial charge in [0.1, 0.15) is 0 Å². The fourth-order valence-electron chi connectivity index (χ4n) is 5.83. The van der Waals surface area contributed by atoms with Crippen LogP contribution in [0.25, 0.3) is 53.8 Å². The van der Waals surface area contributed by atoms with Crippen LogP contribution in [0, 0.1) is 12.1 Å². The molecule has 0 bridgehead atoms. The first-order chi connectivity index (χ1) is 23.2. The Morgan fingerprint density at radius 2 is 1.48 bits per heavy atom. The van der Waals surface area contributed by atoms with Gasteiger partial charge in [-0.3, -0.25) is 0 Å². The van der Waals surface area contributed by atoms with Crippen molar-refractivity contribution in [2.75, 3.05) is 0 Å². The van der Waals surface area contributed by atoms with Gasteiger partial charge in [-0.15, -0.1) is 59.7 Å². The van der Waals surface area contributed by atoms with Gasteiger partial charge in [0.15, 0.2) is 0 Å². The summed E-state index contributed by atoms with van der Waals surface area (Å²) in [5.74, 6) is -1.26. The SMILES string of the molecule is [2H]C(C)(C)c1cc(-c2[c-]cccc2)ncc1[Si](C)(C)C.[2H]C(C)(C)c1ccnc(-c2[c-]cc3sc4cccc(-c5ccccc5)c4c3c2)c1.[Ir]. The first-order valence-electron chi connectivity index (χ1n) is 17.1. The van der Waals surface area contributed by atoms with Crippen molar-refractivity contribution >= 4 is 44.8 Å². The molecule has 2 nitrogen and oxygen atoms in total. The van der Waals surface area contributed by atoms with E-state index in [9.17, 15) is 0 Å². The topological polar surface area (TPSA) is 25.8 Å². The Morgan fingerprint density at radius 1 is 0.729 bits per heavy atom. The Kier molecular flexibility index (Phi) is 10.4. The fourth-order valence-corrected chi connectivity index (χ4v) is 8.51. The quantitative estimate of drug-likeness (QED) is 0.123. The molecule has 3 heterocycles. The van der Waals surface area contributed by atoms with E-state index in [1.165, 1.54) is 36.5 Å². The van der Waals surface area contributed by atoms with Gasteiger partial charge in [-0.1, -0.05) is 118 Å². The number of aromatic nitrogens is 2.